The highest BCUT2D eigenvalue weighted by Crippen LogP contribution is 2.09. The van der Waals surface area contributed by atoms with Crippen LogP contribution in [0.3, 0.4) is 0 Å². The number of carbonyl (C=O) groups excluding carboxylic acids is 1. The van der Waals surface area contributed by atoms with Crippen LogP contribution in [0.1, 0.15) is 16.2 Å². The van der Waals surface area contributed by atoms with Gasteiger partial charge in [-0.3, -0.25) is 4.79 Å². The van der Waals surface area contributed by atoms with Gasteiger partial charge < -0.3 is 0 Å². The molecule has 1 N–H and O–H groups in total. The van der Waals surface area contributed by atoms with E-state index in [0.29, 0.717) is 6.54 Å². The third-order valence-electron chi connectivity index (χ3n) is 3.31. The second-order valence-electron chi connectivity index (χ2n) is 4.60. The van der Waals surface area contributed by atoms with Gasteiger partial charge in [-0.2, -0.15) is 0 Å². The van der Waals surface area contributed by atoms with Gasteiger partial charge in [0, 0.05) is 12.5 Å². The van der Waals surface area contributed by atoms with Gasteiger partial charge in [-0.05, 0) is 12.1 Å². The van der Waals surface area contributed by atoms with Crippen LogP contribution in [-0.2, 0) is 6.54 Å². The van der Waals surface area contributed by atoms with E-state index in [4.69, 9.17) is 0 Å². The molecule has 0 bridgehead atoms. The van der Waals surface area contributed by atoms with E-state index in [0.717, 1.165) is 22.4 Å². The zero-order chi connectivity index (χ0) is 13.2. The number of benzene rings is 2. The largest absolute Gasteiger partial charge is 0.290 e. The minimum atomic E-state index is 0.124. The quantitative estimate of drug-likeness (QED) is 0.564. The van der Waals surface area contributed by atoms with Gasteiger partial charge in [0.25, 0.3) is 5.82 Å². The maximum absolute atomic E-state index is 12.3. The number of fused-ring (bicyclic) bond motifs is 1. The van der Waals surface area contributed by atoms with Crippen molar-refractivity contribution in [1.82, 2.24) is 4.98 Å². The number of H-pyrrole nitrogens is 1. The van der Waals surface area contributed by atoms with Crippen LogP contribution in [0, 0.1) is 6.92 Å². The molecule has 94 valence electrons. The lowest BCUT2D eigenvalue weighted by molar-refractivity contribution is -0.663. The summed E-state index contributed by atoms with van der Waals surface area (Å²) < 4.78 is 2.02. The highest BCUT2D eigenvalue weighted by Gasteiger charge is 2.17. The Kier molecular flexibility index (Phi) is 2.88. The summed E-state index contributed by atoms with van der Waals surface area (Å²) in [5.41, 5.74) is 2.87. The van der Waals surface area contributed by atoms with E-state index in [1.807, 2.05) is 66.1 Å². The predicted octanol–water partition coefficient (Wildman–Crippen LogP) is 2.65. The molecule has 19 heavy (non-hydrogen) atoms. The van der Waals surface area contributed by atoms with Crippen LogP contribution in [0.15, 0.2) is 54.6 Å². The molecule has 0 saturated carbocycles. The molecule has 0 radical (unpaired) electrons. The smallest absolute Gasteiger partial charge is 0.252 e. The van der Waals surface area contributed by atoms with Crippen molar-refractivity contribution in [3.8, 4) is 0 Å². The molecule has 3 rings (SSSR count). The number of nitrogens with zero attached hydrogens (tertiary/aromatic N) is 1. The Morgan fingerprint density at radius 3 is 2.53 bits per heavy atom. The topological polar surface area (TPSA) is 36.7 Å². The molecule has 0 saturated heterocycles. The highest BCUT2D eigenvalue weighted by atomic mass is 16.1. The molecule has 0 aliphatic rings. The first kappa shape index (κ1) is 11.7. The maximum atomic E-state index is 12.3. The van der Waals surface area contributed by atoms with Gasteiger partial charge in [0.05, 0.1) is 0 Å². The molecule has 0 atom stereocenters. The molecule has 1 aromatic heterocycles. The van der Waals surface area contributed by atoms with Crippen LogP contribution in [-0.4, -0.2) is 10.8 Å². The third-order valence-corrected chi connectivity index (χ3v) is 3.31. The molecule has 3 aromatic rings. The van der Waals surface area contributed by atoms with Crippen molar-refractivity contribution in [2.45, 2.75) is 13.5 Å². The summed E-state index contributed by atoms with van der Waals surface area (Å²) in [7, 11) is 0. The lowest BCUT2D eigenvalue weighted by atomic mass is 10.1. The Balaban J connectivity index is 1.98. The fourth-order valence-electron chi connectivity index (χ4n) is 2.32. The van der Waals surface area contributed by atoms with E-state index in [1.165, 1.54) is 0 Å². The minimum Gasteiger partial charge on any atom is -0.290 e. The number of ketones is 1. The second-order valence-corrected chi connectivity index (χ2v) is 4.60. The number of nitrogens with one attached hydrogen (secondary N) is 1. The predicted molar refractivity (Wildman–Crippen MR) is 74.0 cm³/mol. The van der Waals surface area contributed by atoms with Crippen molar-refractivity contribution >= 4 is 16.8 Å². The van der Waals surface area contributed by atoms with E-state index in [9.17, 15) is 4.79 Å². The Morgan fingerprint density at radius 2 is 1.74 bits per heavy atom. The fraction of sp³-hybridized carbons (Fsp3) is 0.125. The van der Waals surface area contributed by atoms with Crippen molar-refractivity contribution < 1.29 is 9.36 Å². The fourth-order valence-corrected chi connectivity index (χ4v) is 2.32. The van der Waals surface area contributed by atoms with Gasteiger partial charge in [0.1, 0.15) is 0 Å². The number of imidazole rings is 1. The van der Waals surface area contributed by atoms with E-state index in [2.05, 4.69) is 4.98 Å². The van der Waals surface area contributed by atoms with Gasteiger partial charge >= 0.3 is 0 Å². The maximum Gasteiger partial charge on any atom is 0.252 e. The Labute approximate surface area is 111 Å². The number of hydrogen-bond acceptors (Lipinski definition) is 1. The second kappa shape index (κ2) is 4.69. The standard InChI is InChI=1S/C16H14N2O/c1-12-17-14-9-5-6-10-15(14)18(12)11-16(19)13-7-3-2-4-8-13/h2-10H,11H2,1H3/p+1. The van der Waals surface area contributed by atoms with Crippen LogP contribution in [0.4, 0.5) is 0 Å². The number of Topliss-reactive ketones (excluding diaryl/α,β-unsaturated/α-hetero) is 1. The molecule has 0 unspecified atom stereocenters. The SMILES string of the molecule is Cc1[nH]c2ccccc2[n+]1CC(=O)c1ccccc1. The summed E-state index contributed by atoms with van der Waals surface area (Å²) in [6, 6.07) is 17.4. The first-order valence-electron chi connectivity index (χ1n) is 6.31. The van der Waals surface area contributed by atoms with Gasteiger partial charge in [-0.25, -0.2) is 9.55 Å². The van der Waals surface area contributed by atoms with Crippen molar-refractivity contribution in [3.63, 3.8) is 0 Å². The van der Waals surface area contributed by atoms with E-state index in [1.54, 1.807) is 0 Å². The molecular formula is C16H15N2O+. The number of aromatic nitrogens is 2. The molecule has 0 aliphatic carbocycles. The molecular weight excluding hydrogens is 236 g/mol. The summed E-state index contributed by atoms with van der Waals surface area (Å²) in [5, 5.41) is 0. The summed E-state index contributed by atoms with van der Waals surface area (Å²) in [6.45, 7) is 2.35. The zero-order valence-corrected chi connectivity index (χ0v) is 10.8. The van der Waals surface area contributed by atoms with Gasteiger partial charge in [0.15, 0.2) is 17.6 Å². The molecule has 0 spiro atoms. The summed E-state index contributed by atoms with van der Waals surface area (Å²) >= 11 is 0. The Morgan fingerprint density at radius 1 is 1.05 bits per heavy atom. The number of aromatic amines is 1. The Bertz CT molecular complexity index is 729. The van der Waals surface area contributed by atoms with Crippen molar-refractivity contribution in [2.75, 3.05) is 0 Å². The minimum absolute atomic E-state index is 0.124. The number of rotatable bonds is 3. The monoisotopic (exact) mass is 251 g/mol. The zero-order valence-electron chi connectivity index (χ0n) is 10.8. The first-order valence-corrected chi connectivity index (χ1v) is 6.31. The summed E-state index contributed by atoms with van der Waals surface area (Å²) in [6.07, 6.45) is 0. The molecule has 3 heteroatoms. The van der Waals surface area contributed by atoms with Crippen molar-refractivity contribution in [1.29, 1.82) is 0 Å². The number of aryl methyl sites for hydroxylation is 1. The van der Waals surface area contributed by atoms with Gasteiger partial charge in [-0.1, -0.05) is 42.5 Å². The van der Waals surface area contributed by atoms with Crippen LogP contribution >= 0.6 is 0 Å². The molecule has 2 aromatic carbocycles. The average Bonchev–Trinajstić information content (AvgIpc) is 2.76. The van der Waals surface area contributed by atoms with Crippen LogP contribution in [0.5, 0.6) is 0 Å². The van der Waals surface area contributed by atoms with Crippen LogP contribution < -0.4 is 4.57 Å². The third kappa shape index (κ3) is 2.15. The lowest BCUT2D eigenvalue weighted by Crippen LogP contribution is -2.39. The first-order chi connectivity index (χ1) is 9.25. The van der Waals surface area contributed by atoms with Gasteiger partial charge in [-0.15, -0.1) is 0 Å². The van der Waals surface area contributed by atoms with Crippen molar-refractivity contribution in [2.24, 2.45) is 0 Å². The summed E-state index contributed by atoms with van der Waals surface area (Å²) in [4.78, 5) is 15.6. The number of carbonyl (C=O) groups is 1. The molecule has 0 amide bonds. The molecule has 0 aliphatic heterocycles. The average molecular weight is 251 g/mol. The van der Waals surface area contributed by atoms with Gasteiger partial charge in [0.2, 0.25) is 5.78 Å². The molecule has 0 fully saturated rings. The lowest BCUT2D eigenvalue weighted by Gasteiger charge is -2.00. The van der Waals surface area contributed by atoms with Crippen LogP contribution in [0.2, 0.25) is 0 Å². The highest BCUT2D eigenvalue weighted by molar-refractivity contribution is 5.95. The number of hydrogen-bond donors (Lipinski definition) is 1. The normalized spacial score (nSPS) is 10.8. The van der Waals surface area contributed by atoms with Crippen LogP contribution in [0.25, 0.3) is 11.0 Å². The Hall–Kier alpha value is -2.42. The van der Waals surface area contributed by atoms with Crippen molar-refractivity contribution in [3.05, 3.63) is 66.0 Å². The molecule has 1 heterocycles. The van der Waals surface area contributed by atoms with E-state index < -0.39 is 0 Å². The molecule has 3 nitrogen and oxygen atoms in total. The summed E-state index contributed by atoms with van der Waals surface area (Å²) in [5.74, 6) is 1.11. The van der Waals surface area contributed by atoms with E-state index in [-0.39, 0.29) is 5.78 Å². The number of para-hydroxylation sites is 2. The van der Waals surface area contributed by atoms with E-state index >= 15 is 0 Å².